The Bertz CT molecular complexity index is 172. The fourth-order valence-electron chi connectivity index (χ4n) is 1.05. The van der Waals surface area contributed by atoms with E-state index in [1.54, 1.807) is 0 Å². The Balaban J connectivity index is 3.39. The molecule has 1 amide bonds. The van der Waals surface area contributed by atoms with Gasteiger partial charge in [-0.05, 0) is 18.8 Å². The normalized spacial score (nSPS) is 12.9. The van der Waals surface area contributed by atoms with Crippen molar-refractivity contribution in [1.82, 2.24) is 5.32 Å². The molecule has 4 heteroatoms. The summed E-state index contributed by atoms with van der Waals surface area (Å²) in [5, 5.41) is 2.80. The van der Waals surface area contributed by atoms with Gasteiger partial charge in [-0.25, -0.2) is 0 Å². The van der Waals surface area contributed by atoms with Gasteiger partial charge in [0.2, 0.25) is 5.91 Å². The molecule has 0 saturated heterocycles. The van der Waals surface area contributed by atoms with Gasteiger partial charge in [0, 0.05) is 19.8 Å². The third-order valence-corrected chi connectivity index (χ3v) is 2.13. The lowest BCUT2D eigenvalue weighted by molar-refractivity contribution is -0.123. The first kappa shape index (κ1) is 14.4. The number of amides is 1. The zero-order chi connectivity index (χ0) is 11.7. The molecule has 0 heterocycles. The average Bonchev–Trinajstić information content (AvgIpc) is 2.21. The maximum Gasteiger partial charge on any atom is 0.237 e. The molecule has 0 rings (SSSR count). The predicted octanol–water partition coefficient (Wildman–Crippen LogP) is 0.903. The summed E-state index contributed by atoms with van der Waals surface area (Å²) in [4.78, 5) is 11.4. The Morgan fingerprint density at radius 2 is 2.07 bits per heavy atom. The van der Waals surface area contributed by atoms with Gasteiger partial charge < -0.3 is 15.8 Å². The molecule has 0 bridgehead atoms. The Labute approximate surface area is 92.6 Å². The molecule has 0 fully saturated rings. The molecule has 0 aromatic carbocycles. The molecule has 0 aromatic heterocycles. The van der Waals surface area contributed by atoms with Crippen molar-refractivity contribution >= 4 is 5.91 Å². The minimum Gasteiger partial charge on any atom is -0.381 e. The lowest BCUT2D eigenvalue weighted by atomic mass is 10.1. The van der Waals surface area contributed by atoms with Crippen LogP contribution in [0.2, 0.25) is 0 Å². The molecule has 0 saturated carbocycles. The molecular formula is C11H24N2O2. The molecule has 90 valence electrons. The molecule has 0 unspecified atom stereocenters. The van der Waals surface area contributed by atoms with Gasteiger partial charge in [-0.1, -0.05) is 20.8 Å². The maximum atomic E-state index is 11.4. The third-order valence-electron chi connectivity index (χ3n) is 2.13. The van der Waals surface area contributed by atoms with E-state index in [1.165, 1.54) is 0 Å². The summed E-state index contributed by atoms with van der Waals surface area (Å²) >= 11 is 0. The van der Waals surface area contributed by atoms with E-state index in [-0.39, 0.29) is 11.8 Å². The van der Waals surface area contributed by atoms with Crippen LogP contribution in [0.4, 0.5) is 0 Å². The molecule has 0 aliphatic carbocycles. The number of nitrogens with two attached hydrogens (primary N) is 1. The van der Waals surface area contributed by atoms with Crippen LogP contribution in [0.25, 0.3) is 0 Å². The number of carbonyl (C=O) groups is 1. The molecule has 15 heavy (non-hydrogen) atoms. The molecule has 0 spiro atoms. The topological polar surface area (TPSA) is 64.3 Å². The minimum absolute atomic E-state index is 0.0690. The van der Waals surface area contributed by atoms with Gasteiger partial charge in [0.15, 0.2) is 0 Å². The Morgan fingerprint density at radius 1 is 1.40 bits per heavy atom. The first-order chi connectivity index (χ1) is 7.09. The molecule has 0 aromatic rings. The van der Waals surface area contributed by atoms with Crippen molar-refractivity contribution in [3.8, 4) is 0 Å². The summed E-state index contributed by atoms with van der Waals surface area (Å²) in [6, 6.07) is -0.401. The number of rotatable bonds is 8. The molecular weight excluding hydrogens is 192 g/mol. The van der Waals surface area contributed by atoms with E-state index < -0.39 is 6.04 Å². The van der Waals surface area contributed by atoms with Crippen LogP contribution >= 0.6 is 0 Å². The van der Waals surface area contributed by atoms with E-state index in [4.69, 9.17) is 10.5 Å². The van der Waals surface area contributed by atoms with Crippen LogP contribution in [0.3, 0.4) is 0 Å². The van der Waals surface area contributed by atoms with Crippen LogP contribution < -0.4 is 11.1 Å². The lowest BCUT2D eigenvalue weighted by Crippen LogP contribution is -2.44. The summed E-state index contributed by atoms with van der Waals surface area (Å²) in [7, 11) is 0. The summed E-state index contributed by atoms with van der Waals surface area (Å²) in [5.74, 6) is 0.113. The van der Waals surface area contributed by atoms with Gasteiger partial charge in [0.25, 0.3) is 0 Å². The van der Waals surface area contributed by atoms with E-state index in [0.717, 1.165) is 19.4 Å². The number of ether oxygens (including phenoxy) is 1. The summed E-state index contributed by atoms with van der Waals surface area (Å²) in [6.07, 6.45) is 1.88. The second-order valence-corrected chi connectivity index (χ2v) is 4.03. The average molecular weight is 216 g/mol. The quantitative estimate of drug-likeness (QED) is 0.593. The maximum absolute atomic E-state index is 11.4. The number of hydrogen-bond acceptors (Lipinski definition) is 3. The van der Waals surface area contributed by atoms with Crippen molar-refractivity contribution in [3.05, 3.63) is 0 Å². The summed E-state index contributed by atoms with van der Waals surface area (Å²) < 4.78 is 5.29. The van der Waals surface area contributed by atoms with Gasteiger partial charge in [-0.2, -0.15) is 0 Å². The number of carbonyl (C=O) groups excluding carboxylic acids is 1. The Morgan fingerprint density at radius 3 is 2.60 bits per heavy atom. The van der Waals surface area contributed by atoms with E-state index in [0.29, 0.717) is 13.2 Å². The van der Waals surface area contributed by atoms with Gasteiger partial charge in [0.05, 0.1) is 6.04 Å². The van der Waals surface area contributed by atoms with Crippen LogP contribution in [0.1, 0.15) is 33.6 Å². The highest BCUT2D eigenvalue weighted by Gasteiger charge is 2.15. The monoisotopic (exact) mass is 216 g/mol. The fourth-order valence-corrected chi connectivity index (χ4v) is 1.05. The molecule has 0 aliphatic heterocycles. The molecule has 4 nitrogen and oxygen atoms in total. The van der Waals surface area contributed by atoms with Crippen LogP contribution in [-0.2, 0) is 9.53 Å². The van der Waals surface area contributed by atoms with E-state index in [9.17, 15) is 4.79 Å². The van der Waals surface area contributed by atoms with Crippen LogP contribution in [0.15, 0.2) is 0 Å². The highest BCUT2D eigenvalue weighted by Crippen LogP contribution is 1.97. The zero-order valence-electron chi connectivity index (χ0n) is 10.1. The second-order valence-electron chi connectivity index (χ2n) is 4.03. The second kappa shape index (κ2) is 8.68. The zero-order valence-corrected chi connectivity index (χ0v) is 10.1. The first-order valence-corrected chi connectivity index (χ1v) is 5.70. The largest absolute Gasteiger partial charge is 0.381 e. The highest BCUT2D eigenvalue weighted by molar-refractivity contribution is 5.81. The summed E-state index contributed by atoms with van der Waals surface area (Å²) in [6.45, 7) is 8.08. The SMILES string of the molecule is CCCOCCCNC(=O)[C@@H](N)C(C)C. The van der Waals surface area contributed by atoms with E-state index in [1.807, 2.05) is 13.8 Å². The standard InChI is InChI=1S/C11H24N2O2/c1-4-7-15-8-5-6-13-11(14)10(12)9(2)3/h9-10H,4-8,12H2,1-3H3,(H,13,14)/t10-/m0/s1. The first-order valence-electron chi connectivity index (χ1n) is 5.70. The lowest BCUT2D eigenvalue weighted by Gasteiger charge is -2.15. The van der Waals surface area contributed by atoms with Crippen molar-refractivity contribution in [1.29, 1.82) is 0 Å². The number of hydrogen-bond donors (Lipinski definition) is 2. The van der Waals surface area contributed by atoms with Crippen molar-refractivity contribution in [3.63, 3.8) is 0 Å². The van der Waals surface area contributed by atoms with Crippen LogP contribution in [0, 0.1) is 5.92 Å². The van der Waals surface area contributed by atoms with Gasteiger partial charge in [0.1, 0.15) is 0 Å². The molecule has 0 radical (unpaired) electrons. The fraction of sp³-hybridized carbons (Fsp3) is 0.909. The van der Waals surface area contributed by atoms with Crippen molar-refractivity contribution < 1.29 is 9.53 Å². The summed E-state index contributed by atoms with van der Waals surface area (Å²) in [5.41, 5.74) is 5.68. The van der Waals surface area contributed by atoms with Crippen LogP contribution in [-0.4, -0.2) is 31.7 Å². The van der Waals surface area contributed by atoms with E-state index in [2.05, 4.69) is 12.2 Å². The Hall–Kier alpha value is -0.610. The van der Waals surface area contributed by atoms with Crippen molar-refractivity contribution in [2.24, 2.45) is 11.7 Å². The smallest absolute Gasteiger partial charge is 0.237 e. The predicted molar refractivity (Wildman–Crippen MR) is 61.6 cm³/mol. The number of nitrogens with one attached hydrogen (secondary N) is 1. The molecule has 0 aliphatic rings. The molecule has 1 atom stereocenters. The minimum atomic E-state index is -0.401. The van der Waals surface area contributed by atoms with Crippen molar-refractivity contribution in [2.45, 2.75) is 39.7 Å². The highest BCUT2D eigenvalue weighted by atomic mass is 16.5. The van der Waals surface area contributed by atoms with Gasteiger partial charge in [-0.15, -0.1) is 0 Å². The van der Waals surface area contributed by atoms with Crippen LogP contribution in [0.5, 0.6) is 0 Å². The Kier molecular flexibility index (Phi) is 8.33. The van der Waals surface area contributed by atoms with Gasteiger partial charge >= 0.3 is 0 Å². The van der Waals surface area contributed by atoms with Gasteiger partial charge in [-0.3, -0.25) is 4.79 Å². The molecule has 3 N–H and O–H groups in total. The van der Waals surface area contributed by atoms with Crippen molar-refractivity contribution in [2.75, 3.05) is 19.8 Å². The third kappa shape index (κ3) is 7.33. The van der Waals surface area contributed by atoms with E-state index >= 15 is 0 Å².